The highest BCUT2D eigenvalue weighted by atomic mass is 18.2. The molecule has 0 bridgehead atoms. The average Bonchev–Trinajstić information content (AvgIpc) is 0.840. The molecule has 0 aliphatic heterocycles. The molecule has 0 saturated carbocycles. The van der Waals surface area contributed by atoms with Crippen LogP contribution in [0.1, 0.15) is 133 Å². The Morgan fingerprint density at radius 1 is 0.295 bits per heavy atom. The minimum atomic E-state index is -0.934. The van der Waals surface area contributed by atoms with Crippen molar-refractivity contribution in [2.45, 2.75) is 118 Å². The Bertz CT molecular complexity index is 5250. The van der Waals surface area contributed by atoms with Gasteiger partial charge in [-0.05, 0) is 337 Å². The summed E-state index contributed by atoms with van der Waals surface area (Å²) in [6.07, 6.45) is 8.85. The molecule has 0 unspecified atom stereocenters. The molecule has 0 radical (unpaired) electrons. The first-order valence-electron chi connectivity index (χ1n) is 41.5. The third kappa shape index (κ3) is 42.9. The smallest absolute Gasteiger partial charge is 0.257 e. The fraction of sp³-hybridized carbons (Fsp3) is 0.250. The van der Waals surface area contributed by atoms with Gasteiger partial charge in [0.2, 0.25) is 0 Å². The lowest BCUT2D eigenvalue weighted by atomic mass is 10.1. The lowest BCUT2D eigenvalue weighted by Crippen LogP contribution is -2.22. The molecular weight excluding hydrogens is 1650 g/mol. The molecule has 682 valence electrons. The lowest BCUT2D eigenvalue weighted by Gasteiger charge is -2.14. The van der Waals surface area contributed by atoms with Gasteiger partial charge < -0.3 is 70.4 Å². The Hall–Kier alpha value is -13.7. The Morgan fingerprint density at radius 2 is 0.620 bits per heavy atom. The van der Waals surface area contributed by atoms with Crippen molar-refractivity contribution in [2.24, 2.45) is 0 Å². The van der Waals surface area contributed by atoms with Crippen LogP contribution in [-0.4, -0.2) is 121 Å². The maximum atomic E-state index is 13.1. The van der Waals surface area contributed by atoms with Crippen molar-refractivity contribution in [3.63, 3.8) is 0 Å². The number of ether oxygens (including phenoxy) is 4. The van der Waals surface area contributed by atoms with Crippen molar-refractivity contribution in [1.82, 2.24) is 19.6 Å². The first-order chi connectivity index (χ1) is 61.4. The molecule has 0 aliphatic rings. The first-order valence-corrected chi connectivity index (χ1v) is 41.5. The summed E-state index contributed by atoms with van der Waals surface area (Å²) >= 11 is 0. The first kappa shape index (κ1) is 106. The van der Waals surface area contributed by atoms with Gasteiger partial charge in [-0.2, -0.15) is 0 Å². The van der Waals surface area contributed by atoms with Crippen molar-refractivity contribution in [1.29, 1.82) is 21.6 Å². The summed E-state index contributed by atoms with van der Waals surface area (Å²) in [5, 5.41) is 47.3. The summed E-state index contributed by atoms with van der Waals surface area (Å²) in [6, 6.07) is 72.1. The van der Waals surface area contributed by atoms with Gasteiger partial charge in [0, 0.05) is 81.3 Å². The summed E-state index contributed by atoms with van der Waals surface area (Å²) in [7, 11) is 14.7. The van der Waals surface area contributed by atoms with Crippen LogP contribution in [0.3, 0.4) is 0 Å². The van der Waals surface area contributed by atoms with Gasteiger partial charge in [-0.25, -0.2) is 39.5 Å². The van der Waals surface area contributed by atoms with Crippen molar-refractivity contribution in [2.75, 3.05) is 56.4 Å². The van der Waals surface area contributed by atoms with Crippen LogP contribution < -0.4 is 18.9 Å². The minimum absolute atomic E-state index is 0.0907. The van der Waals surface area contributed by atoms with E-state index in [4.69, 9.17) is 45.7 Å². The Balaban J connectivity index is 0.000000262. The Kier molecular flexibility index (Phi) is 46.9. The Labute approximate surface area is 751 Å². The molecule has 129 heavy (non-hydrogen) atoms. The monoisotopic (exact) mass is 1770 g/mol. The molecule has 0 spiro atoms. The number of benzene rings is 12. The summed E-state index contributed by atoms with van der Waals surface area (Å²) in [5.74, 6) is 0.637. The van der Waals surface area contributed by atoms with E-state index in [1.807, 2.05) is 89.7 Å². The molecule has 2 amide bonds. The molecule has 0 aromatic heterocycles. The van der Waals surface area contributed by atoms with E-state index in [0.717, 1.165) is 97.9 Å². The number of phenolic OH excluding ortho intramolecular Hbond substituents is 2. The van der Waals surface area contributed by atoms with Crippen LogP contribution in [0.4, 0.5) is 39.5 Å². The fourth-order valence-electron chi connectivity index (χ4n) is 11.7. The molecule has 0 aliphatic carbocycles. The molecule has 0 heterocycles. The maximum absolute atomic E-state index is 13.1. The predicted octanol–water partition coefficient (Wildman–Crippen LogP) is 26.3. The standard InChI is InChI=1S/2C15H14FNO2.2C15H16FNO.C11H13F2NO.C11H14FNO.2C11H14FN/c2*1-17(2)15(18)13-5-3-4-6-14(13)19-12-9-7-11(16)8-10-12;2*1-17(2)11-12-5-3-4-6-15(12)18-14-9-7-13(16)8-10-14;1-7(14)3-2-4-8-5-9(12)6-10(13)11(8)15;1-8(13)3-2-4-9-7-10(14)5-6-11(9)12;1-9(13)4-2-5-10-6-3-7-11(12)8-10;1-9(13)3-2-4-10-5-7-11(12)8-6-10/h2*3-10H,1-2H3;2*3-10H,11H2,1-2H3;5-6,14-15H,2-4H2,1H3;5-7,13-14H,2-4H2,1H3;3,6-8,13H,2,4-5H2,1H3;5-8,13H,2-4H2,1H3/i4*16-1;12-1,13-1;3*12-1. The molecule has 12 aromatic rings. The molecular formula is C104H115F9N8O8. The van der Waals surface area contributed by atoms with E-state index < -0.39 is 17.4 Å². The quantitative estimate of drug-likeness (QED) is 0.0185. The fourth-order valence-corrected chi connectivity index (χ4v) is 11.7. The number of carbonyl (C=O) groups is 2. The predicted molar refractivity (Wildman–Crippen MR) is 497 cm³/mol. The van der Waals surface area contributed by atoms with Crippen LogP contribution in [0.5, 0.6) is 57.5 Å². The van der Waals surface area contributed by atoms with Gasteiger partial charge in [0.1, 0.15) is 98.3 Å². The van der Waals surface area contributed by atoms with E-state index in [1.54, 1.807) is 146 Å². The van der Waals surface area contributed by atoms with Gasteiger partial charge in [-0.1, -0.05) is 84.9 Å². The van der Waals surface area contributed by atoms with Gasteiger partial charge >= 0.3 is 0 Å². The van der Waals surface area contributed by atoms with Crippen LogP contribution in [-0.2, 0) is 38.8 Å². The maximum Gasteiger partial charge on any atom is 0.257 e. The van der Waals surface area contributed by atoms with E-state index >= 15 is 0 Å². The number of hydrogen-bond donors (Lipinski definition) is 6. The number of aromatic hydroxyl groups is 2. The van der Waals surface area contributed by atoms with Gasteiger partial charge in [0.15, 0.2) is 11.6 Å². The van der Waals surface area contributed by atoms with Crippen LogP contribution in [0, 0.1) is 74.0 Å². The molecule has 25 heteroatoms. The van der Waals surface area contributed by atoms with Crippen molar-refractivity contribution >= 4 is 34.7 Å². The van der Waals surface area contributed by atoms with Crippen molar-refractivity contribution in [3.8, 4) is 57.5 Å². The largest absolute Gasteiger partial charge is 0.508 e. The van der Waals surface area contributed by atoms with Crippen LogP contribution in [0.2, 0.25) is 0 Å². The number of carbonyl (C=O) groups excluding carboxylic acids is 2. The highest BCUT2D eigenvalue weighted by Gasteiger charge is 2.18. The molecule has 12 aromatic carbocycles. The van der Waals surface area contributed by atoms with E-state index in [0.29, 0.717) is 112 Å². The zero-order valence-electron chi connectivity index (χ0n) is 74.9. The lowest BCUT2D eigenvalue weighted by molar-refractivity contribution is 0.0817. The van der Waals surface area contributed by atoms with Crippen LogP contribution in [0.15, 0.2) is 273 Å². The third-order valence-corrected chi connectivity index (χ3v) is 18.1. The second-order valence-corrected chi connectivity index (χ2v) is 30.8. The number of hydrogen-bond acceptors (Lipinski definition) is 14. The normalized spacial score (nSPS) is 10.3. The van der Waals surface area contributed by atoms with E-state index in [2.05, 4.69) is 9.80 Å². The van der Waals surface area contributed by atoms with Gasteiger partial charge in [-0.15, -0.1) is 0 Å². The second kappa shape index (κ2) is 57.1. The number of para-hydroxylation sites is 4. The molecule has 12 rings (SSSR count). The second-order valence-electron chi connectivity index (χ2n) is 30.8. The zero-order chi connectivity index (χ0) is 94.9. The summed E-state index contributed by atoms with van der Waals surface area (Å²) in [5.41, 5.74) is 8.60. The Morgan fingerprint density at radius 3 is 0.977 bits per heavy atom. The third-order valence-electron chi connectivity index (χ3n) is 18.1. The van der Waals surface area contributed by atoms with Gasteiger partial charge in [0.25, 0.3) is 11.8 Å². The topological polar surface area (TPSA) is 220 Å². The highest BCUT2D eigenvalue weighted by Crippen LogP contribution is 2.32. The summed E-state index contributed by atoms with van der Waals surface area (Å²) in [4.78, 5) is 31.1. The van der Waals surface area contributed by atoms with E-state index in [9.17, 15) is 54.2 Å². The summed E-state index contributed by atoms with van der Waals surface area (Å²) in [6.45, 7) is 8.62. The average molecular weight is 1770 g/mol. The van der Waals surface area contributed by atoms with E-state index in [1.165, 1.54) is 119 Å². The highest BCUT2D eigenvalue weighted by molar-refractivity contribution is 5.97. The molecule has 6 N–H and O–H groups in total. The zero-order valence-corrected chi connectivity index (χ0v) is 74.9. The van der Waals surface area contributed by atoms with Gasteiger partial charge in [0.05, 0.1) is 11.1 Å². The molecule has 0 atom stereocenters. The number of phenols is 2. The number of halogens is 9. The SMILES string of the molecule is CC(=N)CCCc1cc(O)ccc1[18F].CC(=N)CCCc1cc([18F])cc([18F])c1O.CC(=N)CCCc1ccc([18F])cc1.CC(=N)CCCc1cccc([18F])c1.CN(C)C(=O)c1ccccc1Oc1ccc([18F])cc1.CN(C)C(=O)c1ccccc1Oc1ccc([18F])cc1.CN(C)Cc1ccccc1Oc1ccc([18F])cc1.CN(C)Cc1ccccc1Oc1ccc([18F])cc1. The molecule has 16 nitrogen and oxygen atoms in total. The number of amides is 2. The number of aryl methyl sites for hydroxylation is 4. The van der Waals surface area contributed by atoms with E-state index in [-0.39, 0.29) is 63.8 Å². The molecule has 0 saturated heterocycles. The van der Waals surface area contributed by atoms with Crippen molar-refractivity contribution < 1.29 is 78.3 Å². The number of rotatable bonds is 30. The van der Waals surface area contributed by atoms with Crippen LogP contribution in [0.25, 0.3) is 0 Å². The molecule has 0 fully saturated rings. The minimum Gasteiger partial charge on any atom is -0.508 e. The van der Waals surface area contributed by atoms with Crippen LogP contribution >= 0.6 is 0 Å². The van der Waals surface area contributed by atoms with Gasteiger partial charge in [-0.3, -0.25) is 9.59 Å². The van der Waals surface area contributed by atoms with Crippen molar-refractivity contribution in [3.05, 3.63) is 370 Å². The number of nitrogens with zero attached hydrogens (tertiary/aromatic N) is 4. The number of nitrogens with one attached hydrogen (secondary N) is 4. The summed E-state index contributed by atoms with van der Waals surface area (Å²) < 4.78 is 138.